The van der Waals surface area contributed by atoms with Crippen LogP contribution in [0.15, 0.2) is 0 Å². The monoisotopic (exact) mass is 270 g/mol. The van der Waals surface area contributed by atoms with Crippen LogP contribution in [-0.2, 0) is 14.4 Å². The summed E-state index contributed by atoms with van der Waals surface area (Å²) < 4.78 is 0. The average Bonchev–Trinajstić information content (AvgIpc) is 2.74. The van der Waals surface area contributed by atoms with Gasteiger partial charge in [0.1, 0.15) is 0 Å². The Hall–Kier alpha value is -1.63. The number of likely N-dealkylation sites (tertiary alicyclic amines) is 1. The number of rotatable bonds is 4. The Labute approximate surface area is 110 Å². The smallest absolute Gasteiger partial charge is 0.308 e. The number of nitrogens with one attached hydrogen (secondary N) is 1. The average molecular weight is 270 g/mol. The van der Waals surface area contributed by atoms with Crippen LogP contribution in [0.2, 0.25) is 0 Å². The van der Waals surface area contributed by atoms with E-state index in [1.54, 1.807) is 0 Å². The Morgan fingerprint density at radius 2 is 1.89 bits per heavy atom. The fourth-order valence-electron chi connectivity index (χ4n) is 2.86. The van der Waals surface area contributed by atoms with Crippen molar-refractivity contribution in [2.45, 2.75) is 25.3 Å². The number of amides is 1. The summed E-state index contributed by atoms with van der Waals surface area (Å²) in [4.78, 5) is 35.2. The van der Waals surface area contributed by atoms with Crippen LogP contribution in [0.4, 0.5) is 0 Å². The van der Waals surface area contributed by atoms with Crippen LogP contribution in [0.1, 0.15) is 19.3 Å². The predicted octanol–water partition coefficient (Wildman–Crippen LogP) is -0.628. The molecule has 3 unspecified atom stereocenters. The lowest BCUT2D eigenvalue weighted by atomic mass is 9.85. The third-order valence-electron chi connectivity index (χ3n) is 3.89. The van der Waals surface area contributed by atoms with Crippen molar-refractivity contribution in [3.63, 3.8) is 0 Å². The fraction of sp³-hybridized carbons (Fsp3) is 0.750. The van der Waals surface area contributed by atoms with E-state index in [0.29, 0.717) is 25.9 Å². The summed E-state index contributed by atoms with van der Waals surface area (Å²) in [6.45, 7) is 1.40. The Balaban J connectivity index is 1.93. The Kier molecular flexibility index (Phi) is 4.04. The van der Waals surface area contributed by atoms with Crippen molar-refractivity contribution in [1.29, 1.82) is 0 Å². The van der Waals surface area contributed by atoms with E-state index in [2.05, 4.69) is 5.32 Å². The maximum Gasteiger partial charge on any atom is 0.308 e. The highest BCUT2D eigenvalue weighted by Crippen LogP contribution is 2.25. The second-order valence-corrected chi connectivity index (χ2v) is 5.24. The van der Waals surface area contributed by atoms with Crippen LogP contribution >= 0.6 is 0 Å². The first kappa shape index (κ1) is 13.8. The van der Waals surface area contributed by atoms with Gasteiger partial charge in [0.25, 0.3) is 0 Å². The van der Waals surface area contributed by atoms with Crippen LogP contribution in [-0.4, -0.2) is 58.6 Å². The molecule has 106 valence electrons. The van der Waals surface area contributed by atoms with Gasteiger partial charge in [0, 0.05) is 25.6 Å². The van der Waals surface area contributed by atoms with Crippen molar-refractivity contribution in [2.24, 2.45) is 11.8 Å². The van der Waals surface area contributed by atoms with Crippen LogP contribution in [0, 0.1) is 11.8 Å². The number of aliphatic carboxylic acids is 2. The zero-order valence-corrected chi connectivity index (χ0v) is 10.5. The van der Waals surface area contributed by atoms with E-state index < -0.39 is 23.8 Å². The van der Waals surface area contributed by atoms with Gasteiger partial charge in [-0.15, -0.1) is 0 Å². The van der Waals surface area contributed by atoms with Crippen molar-refractivity contribution in [2.75, 3.05) is 19.6 Å². The van der Waals surface area contributed by atoms with Gasteiger partial charge in [0.2, 0.25) is 5.91 Å². The van der Waals surface area contributed by atoms with E-state index >= 15 is 0 Å². The third kappa shape index (κ3) is 3.23. The number of carboxylic acid groups (broad SMARTS) is 2. The molecule has 0 spiro atoms. The highest BCUT2D eigenvalue weighted by Gasteiger charge is 2.39. The maximum atomic E-state index is 11.1. The van der Waals surface area contributed by atoms with Gasteiger partial charge in [-0.1, -0.05) is 0 Å². The Morgan fingerprint density at radius 3 is 2.42 bits per heavy atom. The maximum absolute atomic E-state index is 11.1. The molecule has 3 atom stereocenters. The Bertz CT molecular complexity index is 398. The summed E-state index contributed by atoms with van der Waals surface area (Å²) in [5, 5.41) is 21.0. The van der Waals surface area contributed by atoms with Crippen LogP contribution in [0.5, 0.6) is 0 Å². The van der Waals surface area contributed by atoms with E-state index in [9.17, 15) is 14.4 Å². The quantitative estimate of drug-likeness (QED) is 0.628. The third-order valence-corrected chi connectivity index (χ3v) is 3.89. The SMILES string of the molecule is O=C1CCC(CN2CCC(C(=O)O)C(C(=O)O)C2)N1. The molecule has 7 nitrogen and oxygen atoms in total. The lowest BCUT2D eigenvalue weighted by Crippen LogP contribution is -2.49. The number of carbonyl (C=O) groups is 3. The van der Waals surface area contributed by atoms with Gasteiger partial charge in [0.15, 0.2) is 0 Å². The number of carboxylic acids is 2. The normalized spacial score (nSPS) is 32.0. The van der Waals surface area contributed by atoms with Crippen molar-refractivity contribution >= 4 is 17.8 Å². The minimum atomic E-state index is -1.06. The lowest BCUT2D eigenvalue weighted by molar-refractivity contribution is -0.157. The fourth-order valence-corrected chi connectivity index (χ4v) is 2.86. The predicted molar refractivity (Wildman–Crippen MR) is 64.5 cm³/mol. The molecule has 19 heavy (non-hydrogen) atoms. The van der Waals surface area contributed by atoms with Gasteiger partial charge >= 0.3 is 11.9 Å². The summed E-state index contributed by atoms with van der Waals surface area (Å²) in [7, 11) is 0. The molecule has 0 aromatic heterocycles. The zero-order valence-electron chi connectivity index (χ0n) is 10.5. The lowest BCUT2D eigenvalue weighted by Gasteiger charge is -2.35. The first-order valence-corrected chi connectivity index (χ1v) is 6.44. The first-order valence-electron chi connectivity index (χ1n) is 6.44. The number of hydrogen-bond donors (Lipinski definition) is 3. The molecule has 2 heterocycles. The molecule has 2 aliphatic rings. The van der Waals surface area contributed by atoms with Gasteiger partial charge in [0.05, 0.1) is 11.8 Å². The standard InChI is InChI=1S/C12H18N2O5/c15-10-2-1-7(13-10)5-14-4-3-8(11(16)17)9(6-14)12(18)19/h7-9H,1-6H2,(H,13,15)(H,16,17)(H,18,19). The van der Waals surface area contributed by atoms with E-state index in [0.717, 1.165) is 6.42 Å². The summed E-state index contributed by atoms with van der Waals surface area (Å²) in [6, 6.07) is 0.0586. The number of carbonyl (C=O) groups excluding carboxylic acids is 1. The summed E-state index contributed by atoms with van der Waals surface area (Å²) >= 11 is 0. The molecule has 0 aromatic rings. The summed E-state index contributed by atoms with van der Waals surface area (Å²) in [5.74, 6) is -3.76. The van der Waals surface area contributed by atoms with E-state index in [1.807, 2.05) is 4.90 Å². The molecule has 2 saturated heterocycles. The van der Waals surface area contributed by atoms with E-state index in [-0.39, 0.29) is 18.5 Å². The molecule has 3 N–H and O–H groups in total. The Morgan fingerprint density at radius 1 is 1.21 bits per heavy atom. The molecular formula is C12H18N2O5. The van der Waals surface area contributed by atoms with Gasteiger partial charge in [-0.2, -0.15) is 0 Å². The van der Waals surface area contributed by atoms with Gasteiger partial charge < -0.3 is 20.4 Å². The van der Waals surface area contributed by atoms with Crippen molar-refractivity contribution < 1.29 is 24.6 Å². The van der Waals surface area contributed by atoms with Crippen LogP contribution in [0.3, 0.4) is 0 Å². The zero-order chi connectivity index (χ0) is 14.0. The molecule has 2 rings (SSSR count). The highest BCUT2D eigenvalue weighted by atomic mass is 16.4. The largest absolute Gasteiger partial charge is 0.481 e. The first-order chi connectivity index (χ1) is 8.97. The van der Waals surface area contributed by atoms with Crippen molar-refractivity contribution in [3.8, 4) is 0 Å². The molecule has 0 aromatic carbocycles. The van der Waals surface area contributed by atoms with Gasteiger partial charge in [-0.05, 0) is 19.4 Å². The molecule has 0 radical (unpaired) electrons. The molecule has 2 aliphatic heterocycles. The van der Waals surface area contributed by atoms with Gasteiger partial charge in [-0.25, -0.2) is 0 Å². The second-order valence-electron chi connectivity index (χ2n) is 5.24. The van der Waals surface area contributed by atoms with Crippen LogP contribution < -0.4 is 5.32 Å². The van der Waals surface area contributed by atoms with Gasteiger partial charge in [-0.3, -0.25) is 14.4 Å². The summed E-state index contributed by atoms with van der Waals surface area (Å²) in [5.41, 5.74) is 0. The van der Waals surface area contributed by atoms with E-state index in [4.69, 9.17) is 10.2 Å². The number of nitrogens with zero attached hydrogens (tertiary/aromatic N) is 1. The number of piperidine rings is 1. The molecule has 0 saturated carbocycles. The molecular weight excluding hydrogens is 252 g/mol. The number of hydrogen-bond acceptors (Lipinski definition) is 4. The topological polar surface area (TPSA) is 107 Å². The van der Waals surface area contributed by atoms with E-state index in [1.165, 1.54) is 0 Å². The molecule has 0 bridgehead atoms. The minimum Gasteiger partial charge on any atom is -0.481 e. The highest BCUT2D eigenvalue weighted by molar-refractivity contribution is 5.80. The van der Waals surface area contributed by atoms with Crippen molar-refractivity contribution in [1.82, 2.24) is 10.2 Å². The second kappa shape index (κ2) is 5.56. The van der Waals surface area contributed by atoms with Crippen LogP contribution in [0.25, 0.3) is 0 Å². The molecule has 1 amide bonds. The van der Waals surface area contributed by atoms with Crippen molar-refractivity contribution in [3.05, 3.63) is 0 Å². The summed E-state index contributed by atoms with van der Waals surface area (Å²) in [6.07, 6.45) is 1.61. The molecule has 7 heteroatoms. The minimum absolute atomic E-state index is 0.0280. The molecule has 2 fully saturated rings. The molecule has 0 aliphatic carbocycles.